The lowest BCUT2D eigenvalue weighted by Crippen LogP contribution is -2.58. The van der Waals surface area contributed by atoms with Crippen molar-refractivity contribution in [2.45, 2.75) is 55.7 Å². The van der Waals surface area contributed by atoms with Crippen LogP contribution >= 0.6 is 0 Å². The van der Waals surface area contributed by atoms with Gasteiger partial charge in [0.25, 0.3) is 0 Å². The molecule has 110 valence electrons. The van der Waals surface area contributed by atoms with Crippen molar-refractivity contribution in [2.24, 2.45) is 5.73 Å². The van der Waals surface area contributed by atoms with E-state index in [1.807, 2.05) is 0 Å². The van der Waals surface area contributed by atoms with Crippen LogP contribution in [0.15, 0.2) is 11.6 Å². The van der Waals surface area contributed by atoms with Crippen LogP contribution in [0, 0.1) is 0 Å². The molecule has 0 heterocycles. The minimum atomic E-state index is -3.03. The predicted octanol–water partition coefficient (Wildman–Crippen LogP) is 1.37. The highest BCUT2D eigenvalue weighted by atomic mass is 32.2. The van der Waals surface area contributed by atoms with Gasteiger partial charge in [0, 0.05) is 18.3 Å². The third-order valence-electron chi connectivity index (χ3n) is 4.64. The second kappa shape index (κ2) is 5.94. The van der Waals surface area contributed by atoms with Crippen LogP contribution in [0.4, 0.5) is 0 Å². The molecule has 5 heteroatoms. The molecular weight excluding hydrogens is 260 g/mol. The molecular formula is C14H26N2O2S. The Balaban J connectivity index is 1.97. The lowest BCUT2D eigenvalue weighted by atomic mass is 9.97. The van der Waals surface area contributed by atoms with Gasteiger partial charge in [0.05, 0.1) is 5.25 Å². The monoisotopic (exact) mass is 286 g/mol. The van der Waals surface area contributed by atoms with Crippen LogP contribution in [0.25, 0.3) is 0 Å². The maximum absolute atomic E-state index is 11.9. The van der Waals surface area contributed by atoms with Crippen LogP contribution in [-0.2, 0) is 9.84 Å². The summed E-state index contributed by atoms with van der Waals surface area (Å²) in [6, 6.07) is 0. The summed E-state index contributed by atoms with van der Waals surface area (Å²) >= 11 is 0. The second-order valence-electron chi connectivity index (χ2n) is 6.00. The highest BCUT2D eigenvalue weighted by molar-refractivity contribution is 7.91. The predicted molar refractivity (Wildman–Crippen MR) is 78.8 cm³/mol. The lowest BCUT2D eigenvalue weighted by molar-refractivity contribution is 0.343. The fraction of sp³-hybridized carbons (Fsp3) is 0.857. The Kier molecular flexibility index (Phi) is 4.69. The van der Waals surface area contributed by atoms with E-state index in [1.54, 1.807) is 0 Å². The van der Waals surface area contributed by atoms with Crippen molar-refractivity contribution in [2.75, 3.05) is 19.3 Å². The summed E-state index contributed by atoms with van der Waals surface area (Å²) in [5.74, 6) is 0. The molecule has 0 amide bonds. The zero-order valence-electron chi connectivity index (χ0n) is 11.8. The Morgan fingerprint density at radius 1 is 1.47 bits per heavy atom. The molecule has 1 fully saturated rings. The molecule has 2 atom stereocenters. The van der Waals surface area contributed by atoms with Crippen molar-refractivity contribution in [3.8, 4) is 0 Å². The number of nitrogens with two attached hydrogens (primary N) is 1. The van der Waals surface area contributed by atoms with Crippen molar-refractivity contribution in [3.05, 3.63) is 11.6 Å². The van der Waals surface area contributed by atoms with E-state index in [2.05, 4.69) is 11.4 Å². The van der Waals surface area contributed by atoms with Gasteiger partial charge in [-0.05, 0) is 45.1 Å². The average molecular weight is 286 g/mol. The summed E-state index contributed by atoms with van der Waals surface area (Å²) in [7, 11) is -3.03. The molecule has 3 N–H and O–H groups in total. The molecule has 0 bridgehead atoms. The molecule has 2 rings (SSSR count). The zero-order chi connectivity index (χ0) is 13.9. The third kappa shape index (κ3) is 3.38. The molecule has 0 radical (unpaired) electrons. The van der Waals surface area contributed by atoms with Crippen LogP contribution < -0.4 is 11.1 Å². The SMILES string of the molecule is CS(=O)(=O)C1CCCC1(CN)NCCC1=CCCC1. The lowest BCUT2D eigenvalue weighted by Gasteiger charge is -2.34. The molecule has 1 saturated carbocycles. The highest BCUT2D eigenvalue weighted by Gasteiger charge is 2.46. The normalized spacial score (nSPS) is 31.7. The van der Waals surface area contributed by atoms with E-state index in [-0.39, 0.29) is 5.25 Å². The number of hydrogen-bond donors (Lipinski definition) is 2. The Hall–Kier alpha value is -0.390. The first-order valence-electron chi connectivity index (χ1n) is 7.30. The number of hydrogen-bond acceptors (Lipinski definition) is 4. The van der Waals surface area contributed by atoms with Gasteiger partial charge in [0.1, 0.15) is 0 Å². The van der Waals surface area contributed by atoms with Crippen molar-refractivity contribution in [1.29, 1.82) is 0 Å². The first kappa shape index (κ1) is 15.0. The Morgan fingerprint density at radius 2 is 2.26 bits per heavy atom. The van der Waals surface area contributed by atoms with Crippen LogP contribution in [-0.4, -0.2) is 38.6 Å². The van der Waals surface area contributed by atoms with Gasteiger partial charge in [0.15, 0.2) is 9.84 Å². The van der Waals surface area contributed by atoms with Gasteiger partial charge in [-0.25, -0.2) is 8.42 Å². The number of allylic oxidation sites excluding steroid dienone is 1. The van der Waals surface area contributed by atoms with Gasteiger partial charge in [-0.15, -0.1) is 0 Å². The quantitative estimate of drug-likeness (QED) is 0.723. The highest BCUT2D eigenvalue weighted by Crippen LogP contribution is 2.34. The summed E-state index contributed by atoms with van der Waals surface area (Å²) in [6.45, 7) is 1.25. The van der Waals surface area contributed by atoms with E-state index in [9.17, 15) is 8.42 Å². The zero-order valence-corrected chi connectivity index (χ0v) is 12.6. The van der Waals surface area contributed by atoms with E-state index in [0.717, 1.165) is 32.2 Å². The van der Waals surface area contributed by atoms with E-state index in [0.29, 0.717) is 6.54 Å². The molecule has 0 aliphatic heterocycles. The standard InChI is InChI=1S/C14H26N2O2S/c1-19(17,18)13-7-4-9-14(13,11-15)16-10-8-12-5-2-3-6-12/h5,13,16H,2-4,6-11,15H2,1H3. The minimum absolute atomic E-state index is 0.317. The summed E-state index contributed by atoms with van der Waals surface area (Å²) in [4.78, 5) is 0. The van der Waals surface area contributed by atoms with Crippen LogP contribution in [0.3, 0.4) is 0 Å². The average Bonchev–Trinajstić information content (AvgIpc) is 2.97. The topological polar surface area (TPSA) is 72.2 Å². The molecule has 0 spiro atoms. The number of sulfone groups is 1. The molecule has 0 aromatic rings. The first-order chi connectivity index (χ1) is 8.98. The maximum Gasteiger partial charge on any atom is 0.152 e. The van der Waals surface area contributed by atoms with E-state index in [1.165, 1.54) is 31.1 Å². The molecule has 0 aromatic heterocycles. The maximum atomic E-state index is 11.9. The molecule has 2 unspecified atom stereocenters. The van der Waals surface area contributed by atoms with Gasteiger partial charge in [0.2, 0.25) is 0 Å². The number of nitrogens with one attached hydrogen (secondary N) is 1. The molecule has 4 nitrogen and oxygen atoms in total. The third-order valence-corrected chi connectivity index (χ3v) is 6.37. The smallest absolute Gasteiger partial charge is 0.152 e. The van der Waals surface area contributed by atoms with Gasteiger partial charge < -0.3 is 11.1 Å². The van der Waals surface area contributed by atoms with Crippen molar-refractivity contribution >= 4 is 9.84 Å². The molecule has 2 aliphatic carbocycles. The first-order valence-corrected chi connectivity index (χ1v) is 9.25. The fourth-order valence-electron chi connectivity index (χ4n) is 3.61. The van der Waals surface area contributed by atoms with Gasteiger partial charge in [-0.1, -0.05) is 18.1 Å². The largest absolute Gasteiger partial charge is 0.329 e. The van der Waals surface area contributed by atoms with Gasteiger partial charge in [-0.3, -0.25) is 0 Å². The van der Waals surface area contributed by atoms with Crippen molar-refractivity contribution in [3.63, 3.8) is 0 Å². The van der Waals surface area contributed by atoms with Crippen LogP contribution in [0.2, 0.25) is 0 Å². The fourth-order valence-corrected chi connectivity index (χ4v) is 5.32. The summed E-state index contributed by atoms with van der Waals surface area (Å²) in [6.07, 6.45) is 10.9. The molecule has 0 aromatic carbocycles. The van der Waals surface area contributed by atoms with E-state index < -0.39 is 15.4 Å². The molecule has 2 aliphatic rings. The van der Waals surface area contributed by atoms with Crippen molar-refractivity contribution < 1.29 is 8.42 Å². The van der Waals surface area contributed by atoms with Gasteiger partial charge >= 0.3 is 0 Å². The van der Waals surface area contributed by atoms with Gasteiger partial charge in [-0.2, -0.15) is 0 Å². The Morgan fingerprint density at radius 3 is 2.84 bits per heavy atom. The van der Waals surface area contributed by atoms with E-state index >= 15 is 0 Å². The summed E-state index contributed by atoms with van der Waals surface area (Å²) in [5.41, 5.74) is 7.02. The Labute approximate surface area is 116 Å². The van der Waals surface area contributed by atoms with Crippen LogP contribution in [0.1, 0.15) is 44.9 Å². The summed E-state index contributed by atoms with van der Waals surface area (Å²) < 4.78 is 23.8. The number of rotatable bonds is 6. The van der Waals surface area contributed by atoms with Crippen LogP contribution in [0.5, 0.6) is 0 Å². The molecule has 19 heavy (non-hydrogen) atoms. The second-order valence-corrected chi connectivity index (χ2v) is 8.23. The minimum Gasteiger partial charge on any atom is -0.329 e. The summed E-state index contributed by atoms with van der Waals surface area (Å²) in [5, 5.41) is 3.17. The molecule has 0 saturated heterocycles. The van der Waals surface area contributed by atoms with Crippen molar-refractivity contribution in [1.82, 2.24) is 5.32 Å². The Bertz CT molecular complexity index is 444. The van der Waals surface area contributed by atoms with E-state index in [4.69, 9.17) is 5.73 Å².